The van der Waals surface area contributed by atoms with E-state index in [4.69, 9.17) is 4.74 Å². The molecule has 29 heavy (non-hydrogen) atoms. The van der Waals surface area contributed by atoms with Gasteiger partial charge in [0.05, 0.1) is 11.3 Å². The summed E-state index contributed by atoms with van der Waals surface area (Å²) in [5, 5.41) is 0. The number of ether oxygens (including phenoxy) is 1. The van der Waals surface area contributed by atoms with Crippen LogP contribution in [-0.4, -0.2) is 17.0 Å². The zero-order valence-electron chi connectivity index (χ0n) is 17.0. The highest BCUT2D eigenvalue weighted by Gasteiger charge is 2.27. The molecular formula is C24H25FN2O2. The van der Waals surface area contributed by atoms with Crippen LogP contribution in [0.5, 0.6) is 5.75 Å². The molecule has 0 amide bonds. The van der Waals surface area contributed by atoms with Crippen molar-refractivity contribution in [3.63, 3.8) is 0 Å². The van der Waals surface area contributed by atoms with Crippen molar-refractivity contribution in [1.29, 1.82) is 0 Å². The quantitative estimate of drug-likeness (QED) is 0.579. The Balaban J connectivity index is 1.77. The minimum Gasteiger partial charge on any atom is -0.488 e. The lowest BCUT2D eigenvalue weighted by atomic mass is 10.1. The number of Topliss-reactive ketones (excluding diaryl/α,β-unsaturated/α-hetero) is 1. The van der Waals surface area contributed by atoms with Crippen LogP contribution >= 0.6 is 0 Å². The number of allylic oxidation sites excluding steroid dienone is 3. The minimum atomic E-state index is -0.343. The molecule has 4 nitrogen and oxygen atoms in total. The Morgan fingerprint density at radius 1 is 1.31 bits per heavy atom. The van der Waals surface area contributed by atoms with E-state index in [-0.39, 0.29) is 18.2 Å². The number of fused-ring (bicyclic) bond motifs is 1. The molecule has 0 fully saturated rings. The van der Waals surface area contributed by atoms with Gasteiger partial charge in [-0.2, -0.15) is 0 Å². The Morgan fingerprint density at radius 3 is 2.93 bits per heavy atom. The van der Waals surface area contributed by atoms with Gasteiger partial charge in [-0.1, -0.05) is 26.0 Å². The molecule has 1 aliphatic rings. The molecule has 2 aromatic rings. The fraction of sp³-hybridized carbons (Fsp3) is 0.292. The molecular weight excluding hydrogens is 367 g/mol. The Labute approximate surface area is 170 Å². The zero-order valence-corrected chi connectivity index (χ0v) is 17.0. The third-order valence-corrected chi connectivity index (χ3v) is 4.71. The monoisotopic (exact) mass is 392 g/mol. The zero-order chi connectivity index (χ0) is 20.8. The maximum absolute atomic E-state index is 14.0. The van der Waals surface area contributed by atoms with E-state index in [0.29, 0.717) is 35.6 Å². The molecule has 1 aromatic heterocycles. The van der Waals surface area contributed by atoms with Crippen molar-refractivity contribution in [1.82, 2.24) is 4.98 Å². The number of carbonyl (C=O) groups is 1. The van der Waals surface area contributed by atoms with E-state index in [1.54, 1.807) is 18.6 Å². The van der Waals surface area contributed by atoms with Gasteiger partial charge in [-0.15, -0.1) is 0 Å². The van der Waals surface area contributed by atoms with Crippen molar-refractivity contribution in [2.24, 2.45) is 10.9 Å². The molecule has 0 spiro atoms. The lowest BCUT2D eigenvalue weighted by Crippen LogP contribution is -2.05. The van der Waals surface area contributed by atoms with Crippen molar-refractivity contribution < 1.29 is 13.9 Å². The Kier molecular flexibility index (Phi) is 6.70. The van der Waals surface area contributed by atoms with Gasteiger partial charge in [-0.05, 0) is 49.1 Å². The molecule has 1 aliphatic carbocycles. The van der Waals surface area contributed by atoms with Crippen molar-refractivity contribution in [3.8, 4) is 5.75 Å². The average Bonchev–Trinajstić information content (AvgIpc) is 3.10. The Morgan fingerprint density at radius 2 is 2.14 bits per heavy atom. The van der Waals surface area contributed by atoms with E-state index < -0.39 is 0 Å². The number of carbonyl (C=O) groups excluding carboxylic acids is 1. The second-order valence-corrected chi connectivity index (χ2v) is 7.36. The summed E-state index contributed by atoms with van der Waals surface area (Å²) in [4.78, 5) is 20.9. The molecule has 0 bridgehead atoms. The first kappa shape index (κ1) is 20.6. The maximum Gasteiger partial charge on any atom is 0.167 e. The SMILES string of the molecule is C\C(=C/C=N/C=C/C(C)C)c1ncccc1COc1ccc(F)c2c1C(=O)CC2. The van der Waals surface area contributed by atoms with E-state index >= 15 is 0 Å². The van der Waals surface area contributed by atoms with E-state index in [2.05, 4.69) is 23.8 Å². The number of benzene rings is 1. The van der Waals surface area contributed by atoms with Crippen LogP contribution in [0.2, 0.25) is 0 Å². The van der Waals surface area contributed by atoms with Gasteiger partial charge in [-0.3, -0.25) is 14.8 Å². The minimum absolute atomic E-state index is 0.0670. The lowest BCUT2D eigenvalue weighted by Gasteiger charge is -2.13. The summed E-state index contributed by atoms with van der Waals surface area (Å²) >= 11 is 0. The van der Waals surface area contributed by atoms with Crippen molar-refractivity contribution in [3.05, 3.63) is 77.0 Å². The van der Waals surface area contributed by atoms with Crippen LogP contribution in [0.3, 0.4) is 0 Å². The molecule has 0 saturated carbocycles. The summed E-state index contributed by atoms with van der Waals surface area (Å²) < 4.78 is 19.9. The largest absolute Gasteiger partial charge is 0.488 e. The number of hydrogen-bond donors (Lipinski definition) is 0. The topological polar surface area (TPSA) is 51.6 Å². The predicted molar refractivity (Wildman–Crippen MR) is 114 cm³/mol. The average molecular weight is 392 g/mol. The fourth-order valence-corrected chi connectivity index (χ4v) is 3.21. The molecule has 0 aliphatic heterocycles. The van der Waals surface area contributed by atoms with Gasteiger partial charge in [-0.25, -0.2) is 4.39 Å². The number of aliphatic imine (C=N–C) groups is 1. The van der Waals surface area contributed by atoms with Gasteiger partial charge in [0.15, 0.2) is 5.78 Å². The van der Waals surface area contributed by atoms with Gasteiger partial charge in [0.1, 0.15) is 18.2 Å². The van der Waals surface area contributed by atoms with Crippen LogP contribution in [0.15, 0.2) is 53.8 Å². The van der Waals surface area contributed by atoms with Gasteiger partial charge in [0.25, 0.3) is 0 Å². The molecule has 3 rings (SSSR count). The Hall–Kier alpha value is -3.08. The summed E-state index contributed by atoms with van der Waals surface area (Å²) in [6.07, 6.45) is 9.92. The third-order valence-electron chi connectivity index (χ3n) is 4.71. The van der Waals surface area contributed by atoms with Gasteiger partial charge >= 0.3 is 0 Å². The second kappa shape index (κ2) is 9.41. The Bertz CT molecular complexity index is 990. The van der Waals surface area contributed by atoms with E-state index in [1.807, 2.05) is 31.2 Å². The fourth-order valence-electron chi connectivity index (χ4n) is 3.21. The van der Waals surface area contributed by atoms with Crippen LogP contribution in [0.25, 0.3) is 5.57 Å². The van der Waals surface area contributed by atoms with Crippen LogP contribution in [0.4, 0.5) is 4.39 Å². The van der Waals surface area contributed by atoms with Crippen LogP contribution in [0, 0.1) is 11.7 Å². The molecule has 1 heterocycles. The predicted octanol–water partition coefficient (Wildman–Crippen LogP) is 5.57. The summed E-state index contributed by atoms with van der Waals surface area (Å²) in [7, 11) is 0. The first-order chi connectivity index (χ1) is 14.0. The van der Waals surface area contributed by atoms with Crippen LogP contribution in [0.1, 0.15) is 54.4 Å². The number of hydrogen-bond acceptors (Lipinski definition) is 4. The number of aromatic nitrogens is 1. The summed E-state index contributed by atoms with van der Waals surface area (Å²) in [6, 6.07) is 6.67. The van der Waals surface area contributed by atoms with Gasteiger partial charge < -0.3 is 4.74 Å². The smallest absolute Gasteiger partial charge is 0.167 e. The first-order valence-electron chi connectivity index (χ1n) is 9.75. The van der Waals surface area contributed by atoms with Crippen LogP contribution in [-0.2, 0) is 13.0 Å². The summed E-state index contributed by atoms with van der Waals surface area (Å²) in [6.45, 7) is 6.39. The van der Waals surface area contributed by atoms with E-state index in [0.717, 1.165) is 16.8 Å². The highest BCUT2D eigenvalue weighted by molar-refractivity contribution is 6.03. The molecule has 150 valence electrons. The molecule has 0 unspecified atom stereocenters. The van der Waals surface area contributed by atoms with E-state index in [9.17, 15) is 9.18 Å². The maximum atomic E-state index is 14.0. The second-order valence-electron chi connectivity index (χ2n) is 7.36. The summed E-state index contributed by atoms with van der Waals surface area (Å²) in [5.74, 6) is 0.477. The molecule has 0 atom stereocenters. The van der Waals surface area contributed by atoms with Crippen molar-refractivity contribution in [2.75, 3.05) is 0 Å². The molecule has 5 heteroatoms. The first-order valence-corrected chi connectivity index (χ1v) is 9.75. The van der Waals surface area contributed by atoms with Gasteiger partial charge in [0, 0.05) is 36.2 Å². The lowest BCUT2D eigenvalue weighted by molar-refractivity contribution is 0.0990. The van der Waals surface area contributed by atoms with Gasteiger partial charge in [0.2, 0.25) is 0 Å². The van der Waals surface area contributed by atoms with Crippen molar-refractivity contribution in [2.45, 2.75) is 40.2 Å². The number of halogens is 1. The molecule has 1 aromatic carbocycles. The van der Waals surface area contributed by atoms with Crippen LogP contribution < -0.4 is 4.74 Å². The normalized spacial score (nSPS) is 14.4. The number of nitrogens with zero attached hydrogens (tertiary/aromatic N) is 2. The standard InChI is InChI=1S/C24H25FN2O2/c1-16(2)10-13-26-14-11-17(3)24-18(5-4-12-27-24)15-29-22-9-7-20(25)19-6-8-21(28)23(19)22/h4-5,7,9-14,16H,6,8,15H2,1-3H3/b13-10+,17-11+,26-14+. The summed E-state index contributed by atoms with van der Waals surface area (Å²) in [5.41, 5.74) is 3.48. The molecule has 0 N–H and O–H groups in total. The third kappa shape index (κ3) is 5.05. The number of pyridine rings is 1. The van der Waals surface area contributed by atoms with Crippen molar-refractivity contribution >= 4 is 17.6 Å². The number of ketones is 1. The number of rotatable bonds is 7. The molecule has 0 radical (unpaired) electrons. The van der Waals surface area contributed by atoms with E-state index in [1.165, 1.54) is 12.1 Å². The molecule has 0 saturated heterocycles. The highest BCUT2D eigenvalue weighted by Crippen LogP contribution is 2.33. The highest BCUT2D eigenvalue weighted by atomic mass is 19.1.